The van der Waals surface area contributed by atoms with Gasteiger partial charge in [0.1, 0.15) is 11.5 Å². The molecule has 0 saturated heterocycles. The highest BCUT2D eigenvalue weighted by atomic mass is 16.4. The van der Waals surface area contributed by atoms with E-state index in [0.29, 0.717) is 23.1 Å². The fourth-order valence-electron chi connectivity index (χ4n) is 3.56. The van der Waals surface area contributed by atoms with Gasteiger partial charge in [-0.2, -0.15) is 5.10 Å². The number of nitrogens with zero attached hydrogens (tertiary/aromatic N) is 2. The number of aliphatic carboxylic acids is 1. The molecule has 2 aliphatic carbocycles. The van der Waals surface area contributed by atoms with Crippen molar-refractivity contribution in [3.05, 3.63) is 29.7 Å². The SMILES string of the molecule is Cc1ccc(-c2cc(C(=O)NC3CC(N(CC(=O)O)CC4CC4)C3)n[nH]2)o1. The first-order chi connectivity index (χ1) is 13.0. The second-order valence-electron chi connectivity index (χ2n) is 7.64. The van der Waals surface area contributed by atoms with Crippen molar-refractivity contribution in [2.75, 3.05) is 13.1 Å². The van der Waals surface area contributed by atoms with Crippen molar-refractivity contribution >= 4 is 11.9 Å². The van der Waals surface area contributed by atoms with Crippen LogP contribution in [0.25, 0.3) is 11.5 Å². The van der Waals surface area contributed by atoms with Crippen LogP contribution in [0.15, 0.2) is 22.6 Å². The van der Waals surface area contributed by atoms with E-state index >= 15 is 0 Å². The molecule has 0 unspecified atom stereocenters. The number of carboxylic acids is 1. The number of aromatic nitrogens is 2. The van der Waals surface area contributed by atoms with Crippen LogP contribution in [0.2, 0.25) is 0 Å². The lowest BCUT2D eigenvalue weighted by Crippen LogP contribution is -2.55. The highest BCUT2D eigenvalue weighted by molar-refractivity contribution is 5.93. The van der Waals surface area contributed by atoms with Gasteiger partial charge in [-0.3, -0.25) is 19.6 Å². The molecule has 0 spiro atoms. The monoisotopic (exact) mass is 372 g/mol. The van der Waals surface area contributed by atoms with Crippen molar-refractivity contribution in [3.63, 3.8) is 0 Å². The molecule has 4 rings (SSSR count). The quantitative estimate of drug-likeness (QED) is 0.654. The summed E-state index contributed by atoms with van der Waals surface area (Å²) in [5, 5.41) is 19.0. The molecule has 2 aliphatic rings. The minimum absolute atomic E-state index is 0.0593. The topological polar surface area (TPSA) is 111 Å². The Morgan fingerprint density at radius 1 is 1.37 bits per heavy atom. The number of rotatable bonds is 8. The van der Waals surface area contributed by atoms with E-state index < -0.39 is 5.97 Å². The number of carboxylic acid groups (broad SMARTS) is 1. The molecule has 0 atom stereocenters. The van der Waals surface area contributed by atoms with Gasteiger partial charge in [-0.05, 0) is 50.7 Å². The minimum atomic E-state index is -0.791. The van der Waals surface area contributed by atoms with Crippen LogP contribution in [-0.4, -0.2) is 57.3 Å². The maximum atomic E-state index is 12.4. The van der Waals surface area contributed by atoms with Gasteiger partial charge in [0.15, 0.2) is 11.5 Å². The van der Waals surface area contributed by atoms with E-state index in [-0.39, 0.29) is 24.5 Å². The van der Waals surface area contributed by atoms with Crippen molar-refractivity contribution in [2.45, 2.75) is 44.7 Å². The van der Waals surface area contributed by atoms with Gasteiger partial charge in [-0.25, -0.2) is 0 Å². The van der Waals surface area contributed by atoms with Gasteiger partial charge < -0.3 is 14.8 Å². The van der Waals surface area contributed by atoms with E-state index in [2.05, 4.69) is 20.4 Å². The fraction of sp³-hybridized carbons (Fsp3) is 0.526. The van der Waals surface area contributed by atoms with Crippen molar-refractivity contribution in [1.82, 2.24) is 20.4 Å². The maximum absolute atomic E-state index is 12.4. The Bertz CT molecular complexity index is 832. The molecule has 0 radical (unpaired) electrons. The molecule has 0 aromatic carbocycles. The summed E-state index contributed by atoms with van der Waals surface area (Å²) < 4.78 is 5.53. The summed E-state index contributed by atoms with van der Waals surface area (Å²) in [6, 6.07) is 5.65. The smallest absolute Gasteiger partial charge is 0.317 e. The third-order valence-corrected chi connectivity index (χ3v) is 5.31. The molecule has 144 valence electrons. The van der Waals surface area contributed by atoms with E-state index in [0.717, 1.165) is 25.1 Å². The number of furan rings is 1. The third-order valence-electron chi connectivity index (χ3n) is 5.31. The Balaban J connectivity index is 1.29. The highest BCUT2D eigenvalue weighted by Crippen LogP contribution is 2.33. The molecule has 2 saturated carbocycles. The van der Waals surface area contributed by atoms with Gasteiger partial charge in [0.05, 0.1) is 6.54 Å². The molecular formula is C19H24N4O4. The van der Waals surface area contributed by atoms with Crippen molar-refractivity contribution < 1.29 is 19.1 Å². The third kappa shape index (κ3) is 4.21. The molecule has 8 heteroatoms. The first-order valence-corrected chi connectivity index (χ1v) is 9.37. The molecule has 0 aliphatic heterocycles. The summed E-state index contributed by atoms with van der Waals surface area (Å²) in [5.41, 5.74) is 0.986. The largest absolute Gasteiger partial charge is 0.480 e. The lowest BCUT2D eigenvalue weighted by molar-refractivity contribution is -0.139. The summed E-state index contributed by atoms with van der Waals surface area (Å²) in [6.45, 7) is 2.79. The van der Waals surface area contributed by atoms with Gasteiger partial charge in [0.2, 0.25) is 0 Å². The van der Waals surface area contributed by atoms with E-state index in [4.69, 9.17) is 9.52 Å². The number of H-pyrrole nitrogens is 1. The number of nitrogens with one attached hydrogen (secondary N) is 2. The average Bonchev–Trinajstić information content (AvgIpc) is 3.07. The second-order valence-corrected chi connectivity index (χ2v) is 7.64. The van der Waals surface area contributed by atoms with Crippen LogP contribution in [0.5, 0.6) is 0 Å². The summed E-state index contributed by atoms with van der Waals surface area (Å²) >= 11 is 0. The zero-order valence-corrected chi connectivity index (χ0v) is 15.3. The number of hydrogen-bond acceptors (Lipinski definition) is 5. The maximum Gasteiger partial charge on any atom is 0.317 e. The Morgan fingerprint density at radius 2 is 2.15 bits per heavy atom. The van der Waals surface area contributed by atoms with E-state index in [1.807, 2.05) is 19.1 Å². The second kappa shape index (κ2) is 7.19. The number of carbonyl (C=O) groups is 2. The van der Waals surface area contributed by atoms with Gasteiger partial charge in [0, 0.05) is 24.7 Å². The molecule has 2 aromatic rings. The van der Waals surface area contributed by atoms with Crippen LogP contribution in [0.3, 0.4) is 0 Å². The normalized spacial score (nSPS) is 21.9. The van der Waals surface area contributed by atoms with E-state index in [9.17, 15) is 9.59 Å². The van der Waals surface area contributed by atoms with Crippen LogP contribution >= 0.6 is 0 Å². The van der Waals surface area contributed by atoms with Crippen LogP contribution in [0, 0.1) is 12.8 Å². The van der Waals surface area contributed by atoms with Crippen LogP contribution in [0.4, 0.5) is 0 Å². The number of carbonyl (C=O) groups excluding carboxylic acids is 1. The number of aryl methyl sites for hydroxylation is 1. The Kier molecular flexibility index (Phi) is 4.73. The van der Waals surface area contributed by atoms with Gasteiger partial charge in [-0.15, -0.1) is 0 Å². The molecule has 27 heavy (non-hydrogen) atoms. The molecule has 0 bridgehead atoms. The Hall–Kier alpha value is -2.61. The molecule has 2 fully saturated rings. The van der Waals surface area contributed by atoms with Gasteiger partial charge in [0.25, 0.3) is 5.91 Å². The molecule has 2 heterocycles. The number of aromatic amines is 1. The van der Waals surface area contributed by atoms with E-state index in [1.54, 1.807) is 6.07 Å². The number of amides is 1. The Labute approximate surface area is 156 Å². The fourth-order valence-corrected chi connectivity index (χ4v) is 3.56. The molecule has 8 nitrogen and oxygen atoms in total. The van der Waals surface area contributed by atoms with Crippen molar-refractivity contribution in [1.29, 1.82) is 0 Å². The standard InChI is InChI=1S/C19H24N4O4/c1-11-2-5-17(27-11)15-8-16(22-21-15)19(26)20-13-6-14(7-13)23(10-18(24)25)9-12-3-4-12/h2,5,8,12-14H,3-4,6-7,9-10H2,1H3,(H,20,26)(H,21,22)(H,24,25). The first-order valence-electron chi connectivity index (χ1n) is 9.37. The molecular weight excluding hydrogens is 348 g/mol. The first kappa shape index (κ1) is 17.8. The Morgan fingerprint density at radius 3 is 2.78 bits per heavy atom. The van der Waals surface area contributed by atoms with Crippen LogP contribution in [0.1, 0.15) is 41.9 Å². The zero-order valence-electron chi connectivity index (χ0n) is 15.3. The van der Waals surface area contributed by atoms with Gasteiger partial charge in [-0.1, -0.05) is 0 Å². The summed E-state index contributed by atoms with van der Waals surface area (Å²) in [4.78, 5) is 25.5. The summed E-state index contributed by atoms with van der Waals surface area (Å²) in [5.74, 6) is 1.07. The molecule has 2 aromatic heterocycles. The zero-order chi connectivity index (χ0) is 19.0. The lowest BCUT2D eigenvalue weighted by Gasteiger charge is -2.42. The summed E-state index contributed by atoms with van der Waals surface area (Å²) in [7, 11) is 0. The predicted octanol–water partition coefficient (Wildman–Crippen LogP) is 2.04. The lowest BCUT2D eigenvalue weighted by atomic mass is 9.85. The van der Waals surface area contributed by atoms with Crippen molar-refractivity contribution in [2.24, 2.45) is 5.92 Å². The minimum Gasteiger partial charge on any atom is -0.480 e. The molecule has 1 amide bonds. The van der Waals surface area contributed by atoms with Crippen LogP contribution < -0.4 is 5.32 Å². The van der Waals surface area contributed by atoms with E-state index in [1.165, 1.54) is 12.8 Å². The van der Waals surface area contributed by atoms with Crippen LogP contribution in [-0.2, 0) is 4.79 Å². The predicted molar refractivity (Wildman–Crippen MR) is 97.2 cm³/mol. The van der Waals surface area contributed by atoms with Gasteiger partial charge >= 0.3 is 5.97 Å². The highest BCUT2D eigenvalue weighted by Gasteiger charge is 2.38. The average molecular weight is 372 g/mol. The molecule has 3 N–H and O–H groups in total. The summed E-state index contributed by atoms with van der Waals surface area (Å²) in [6.07, 6.45) is 3.94. The van der Waals surface area contributed by atoms with Crippen molar-refractivity contribution in [3.8, 4) is 11.5 Å². The number of hydrogen-bond donors (Lipinski definition) is 3.